The fourth-order valence-corrected chi connectivity index (χ4v) is 11.9. The molecule has 3 heteroatoms. The molecule has 0 saturated heterocycles. The lowest BCUT2D eigenvalue weighted by Crippen LogP contribution is -2.28. The van der Waals surface area contributed by atoms with E-state index in [9.17, 15) is 0 Å². The molecule has 14 rings (SSSR count). The number of fused-ring (bicyclic) bond motifs is 15. The molecule has 1 heterocycles. The van der Waals surface area contributed by atoms with Crippen LogP contribution in [0.2, 0.25) is 0 Å². The lowest BCUT2D eigenvalue weighted by Gasteiger charge is -2.36. The Morgan fingerprint density at radius 1 is 0.324 bits per heavy atom. The smallest absolute Gasteiger partial charge is 0.0782 e. The zero-order valence-electron chi connectivity index (χ0n) is 37.2. The van der Waals surface area contributed by atoms with Crippen molar-refractivity contribution in [3.05, 3.63) is 283 Å². The van der Waals surface area contributed by atoms with Crippen molar-refractivity contribution < 1.29 is 0 Å². The Kier molecular flexibility index (Phi) is 8.50. The molecule has 0 fully saturated rings. The van der Waals surface area contributed by atoms with Crippen LogP contribution in [0.25, 0.3) is 60.5 Å². The molecular formula is C65H43N3. The monoisotopic (exact) mass is 865 g/mol. The second-order valence-electron chi connectivity index (χ2n) is 18.0. The fraction of sp³-hybridized carbons (Fsp3) is 0.0154. The van der Waals surface area contributed by atoms with E-state index in [1.807, 2.05) is 0 Å². The van der Waals surface area contributed by atoms with Gasteiger partial charge in [0.2, 0.25) is 0 Å². The maximum Gasteiger partial charge on any atom is 0.0782 e. The molecule has 12 aromatic rings. The fourth-order valence-electron chi connectivity index (χ4n) is 11.9. The molecule has 0 saturated carbocycles. The van der Waals surface area contributed by atoms with E-state index in [2.05, 4.69) is 275 Å². The second-order valence-corrected chi connectivity index (χ2v) is 18.0. The molecule has 1 aromatic heterocycles. The van der Waals surface area contributed by atoms with Crippen LogP contribution in [0.5, 0.6) is 0 Å². The first-order valence-corrected chi connectivity index (χ1v) is 23.5. The van der Waals surface area contributed by atoms with E-state index in [1.165, 1.54) is 71.6 Å². The van der Waals surface area contributed by atoms with Gasteiger partial charge >= 0.3 is 0 Å². The van der Waals surface area contributed by atoms with Crippen molar-refractivity contribution in [3.63, 3.8) is 0 Å². The predicted octanol–water partition coefficient (Wildman–Crippen LogP) is 17.2. The molecule has 0 radical (unpaired) electrons. The predicted molar refractivity (Wildman–Crippen MR) is 284 cm³/mol. The van der Waals surface area contributed by atoms with E-state index in [-0.39, 0.29) is 0 Å². The van der Waals surface area contributed by atoms with Crippen molar-refractivity contribution in [2.75, 3.05) is 9.80 Å². The molecular weight excluding hydrogens is 823 g/mol. The average molecular weight is 866 g/mol. The van der Waals surface area contributed by atoms with Crippen LogP contribution in [0.15, 0.2) is 261 Å². The van der Waals surface area contributed by atoms with E-state index >= 15 is 0 Å². The van der Waals surface area contributed by atoms with Gasteiger partial charge in [-0.2, -0.15) is 0 Å². The molecule has 0 N–H and O–H groups in total. The number of aromatic nitrogens is 1. The Balaban J connectivity index is 1.12. The number of anilines is 6. The number of rotatable bonds is 7. The molecule has 318 valence electrons. The zero-order chi connectivity index (χ0) is 44.8. The summed E-state index contributed by atoms with van der Waals surface area (Å²) in [7, 11) is 0. The molecule has 1 unspecified atom stereocenters. The summed E-state index contributed by atoms with van der Waals surface area (Å²) >= 11 is 0. The second kappa shape index (κ2) is 15.1. The van der Waals surface area contributed by atoms with Gasteiger partial charge in [-0.15, -0.1) is 0 Å². The molecule has 0 aliphatic heterocycles. The highest BCUT2D eigenvalue weighted by Crippen LogP contribution is 2.67. The number of nitrogens with zero attached hydrogens (tertiary/aromatic N) is 3. The molecule has 3 nitrogen and oxygen atoms in total. The van der Waals surface area contributed by atoms with Gasteiger partial charge < -0.3 is 14.4 Å². The van der Waals surface area contributed by atoms with Gasteiger partial charge in [-0.3, -0.25) is 0 Å². The molecule has 2 aliphatic rings. The average Bonchev–Trinajstić information content (AvgIpc) is 4.03. The zero-order valence-corrected chi connectivity index (χ0v) is 37.2. The third-order valence-electron chi connectivity index (χ3n) is 14.5. The lowest BCUT2D eigenvalue weighted by atomic mass is 9.69. The van der Waals surface area contributed by atoms with Crippen molar-refractivity contribution in [1.82, 2.24) is 4.57 Å². The maximum atomic E-state index is 2.57. The Labute approximate surface area is 395 Å². The largest absolute Gasteiger partial charge is 0.310 e. The third-order valence-corrected chi connectivity index (χ3v) is 14.5. The number of para-hydroxylation sites is 6. The van der Waals surface area contributed by atoms with Crippen LogP contribution in [0.3, 0.4) is 0 Å². The topological polar surface area (TPSA) is 11.4 Å². The van der Waals surface area contributed by atoms with Gasteiger partial charge in [0.1, 0.15) is 0 Å². The van der Waals surface area contributed by atoms with Gasteiger partial charge in [-0.05, 0) is 129 Å². The first-order valence-electron chi connectivity index (χ1n) is 23.5. The number of hydrogen-bond donors (Lipinski definition) is 0. The van der Waals surface area contributed by atoms with Crippen molar-refractivity contribution in [2.45, 2.75) is 5.41 Å². The normalized spacial score (nSPS) is 14.2. The highest BCUT2D eigenvalue weighted by molar-refractivity contribution is 6.16. The summed E-state index contributed by atoms with van der Waals surface area (Å²) in [4.78, 5) is 4.95. The van der Waals surface area contributed by atoms with E-state index in [4.69, 9.17) is 0 Å². The quantitative estimate of drug-likeness (QED) is 0.158. The summed E-state index contributed by atoms with van der Waals surface area (Å²) < 4.78 is 2.47. The van der Waals surface area contributed by atoms with E-state index < -0.39 is 5.41 Å². The third kappa shape index (κ3) is 5.41. The number of hydrogen-bond acceptors (Lipinski definition) is 2. The molecule has 11 aromatic carbocycles. The Morgan fingerprint density at radius 2 is 0.853 bits per heavy atom. The van der Waals surface area contributed by atoms with Gasteiger partial charge in [0.05, 0.1) is 27.8 Å². The van der Waals surface area contributed by atoms with E-state index in [0.717, 1.165) is 45.3 Å². The SMILES string of the molecule is c1ccc(N(c2ccccc2)c2ccc3c(c2)-c2ccccc2C32c3ccccc3-c3c2c(N(c2ccccc2)c2cccc4c5ccccc5n(-c5ccccc5)c24)cc2ccccc32)cc1. The van der Waals surface area contributed by atoms with Crippen molar-refractivity contribution >= 4 is 66.7 Å². The van der Waals surface area contributed by atoms with Crippen LogP contribution in [0.1, 0.15) is 22.3 Å². The van der Waals surface area contributed by atoms with Gasteiger partial charge in [-0.25, -0.2) is 0 Å². The van der Waals surface area contributed by atoms with Crippen LogP contribution in [0, 0.1) is 0 Å². The van der Waals surface area contributed by atoms with Gasteiger partial charge in [-0.1, -0.05) is 182 Å². The Morgan fingerprint density at radius 3 is 1.56 bits per heavy atom. The summed E-state index contributed by atoms with van der Waals surface area (Å²) in [5.41, 5.74) is 19.7. The van der Waals surface area contributed by atoms with Crippen molar-refractivity contribution in [3.8, 4) is 27.9 Å². The van der Waals surface area contributed by atoms with Crippen LogP contribution in [-0.4, -0.2) is 4.57 Å². The highest BCUT2D eigenvalue weighted by Gasteiger charge is 2.54. The number of benzene rings is 11. The molecule has 0 bridgehead atoms. The van der Waals surface area contributed by atoms with Gasteiger partial charge in [0, 0.05) is 44.8 Å². The Bertz CT molecular complexity index is 3870. The van der Waals surface area contributed by atoms with Crippen molar-refractivity contribution in [2.24, 2.45) is 0 Å². The van der Waals surface area contributed by atoms with Crippen LogP contribution in [-0.2, 0) is 5.41 Å². The summed E-state index contributed by atoms with van der Waals surface area (Å²) in [5.74, 6) is 0. The Hall–Kier alpha value is -8.92. The molecule has 2 aliphatic carbocycles. The minimum absolute atomic E-state index is 0.660. The van der Waals surface area contributed by atoms with Gasteiger partial charge in [0.25, 0.3) is 0 Å². The van der Waals surface area contributed by atoms with Gasteiger partial charge in [0.15, 0.2) is 0 Å². The molecule has 1 spiro atoms. The van der Waals surface area contributed by atoms with E-state index in [0.29, 0.717) is 0 Å². The maximum absolute atomic E-state index is 2.57. The molecule has 0 amide bonds. The summed E-state index contributed by atoms with van der Waals surface area (Å²) in [6.45, 7) is 0. The summed E-state index contributed by atoms with van der Waals surface area (Å²) in [5, 5.41) is 4.89. The molecule has 1 atom stereocenters. The molecule has 68 heavy (non-hydrogen) atoms. The highest BCUT2D eigenvalue weighted by atomic mass is 15.2. The first kappa shape index (κ1) is 38.4. The van der Waals surface area contributed by atoms with E-state index in [1.54, 1.807) is 0 Å². The summed E-state index contributed by atoms with van der Waals surface area (Å²) in [6.07, 6.45) is 0. The lowest BCUT2D eigenvalue weighted by molar-refractivity contribution is 0.793. The van der Waals surface area contributed by atoms with Crippen molar-refractivity contribution in [1.29, 1.82) is 0 Å². The first-order chi connectivity index (χ1) is 33.8. The standard InChI is InChI=1S/C65H43N3/c1-5-23-45(24-6-1)66(46-25-7-2-8-26-46)49-40-41-58-55(43-49)51-32-15-18-36-56(51)65(58)57-37-19-16-34-54(57)62-50-31-14-13-22-44(50)42-61(63(62)65)67(47-27-9-3-10-28-47)60-39-21-35-53-52-33-17-20-38-59(52)68(64(53)60)48-29-11-4-12-30-48/h1-43H. The summed E-state index contributed by atoms with van der Waals surface area (Å²) in [6, 6.07) is 96.2. The van der Waals surface area contributed by atoms with Crippen LogP contribution in [0.4, 0.5) is 34.1 Å². The minimum atomic E-state index is -0.660. The van der Waals surface area contributed by atoms with Crippen LogP contribution < -0.4 is 9.80 Å². The van der Waals surface area contributed by atoms with Crippen LogP contribution >= 0.6 is 0 Å². The minimum Gasteiger partial charge on any atom is -0.310 e.